The number of carbonyl (C=O) groups is 1. The van der Waals surface area contributed by atoms with Crippen LogP contribution >= 0.6 is 0 Å². The molecular weight excluding hydrogens is 208 g/mol. The van der Waals surface area contributed by atoms with Gasteiger partial charge in [0.25, 0.3) is 0 Å². The molecule has 0 unspecified atom stereocenters. The molecule has 1 saturated heterocycles. The molecule has 0 saturated carbocycles. The minimum atomic E-state index is -0.460. The monoisotopic (exact) mass is 230 g/mol. The summed E-state index contributed by atoms with van der Waals surface area (Å²) in [6, 6.07) is 0. The SMILES string of the molecule is NCCCCC(=O)NC1(CO)CCOCC1. The maximum atomic E-state index is 11.6. The van der Waals surface area contributed by atoms with Crippen LogP contribution in [0.5, 0.6) is 0 Å². The van der Waals surface area contributed by atoms with E-state index in [2.05, 4.69) is 5.32 Å². The third-order valence-electron chi connectivity index (χ3n) is 3.02. The molecule has 0 aliphatic carbocycles. The van der Waals surface area contributed by atoms with Crippen LogP contribution in [0.1, 0.15) is 32.1 Å². The van der Waals surface area contributed by atoms with Crippen LogP contribution in [0, 0.1) is 0 Å². The average molecular weight is 230 g/mol. The molecule has 5 heteroatoms. The summed E-state index contributed by atoms with van der Waals surface area (Å²) in [5.74, 6) is 0.00407. The molecule has 0 aromatic heterocycles. The second kappa shape index (κ2) is 6.83. The fourth-order valence-electron chi connectivity index (χ4n) is 1.87. The molecule has 0 radical (unpaired) electrons. The summed E-state index contributed by atoms with van der Waals surface area (Å²) in [5, 5.41) is 12.3. The molecule has 0 spiro atoms. The van der Waals surface area contributed by atoms with Crippen molar-refractivity contribution in [3.05, 3.63) is 0 Å². The number of hydrogen-bond donors (Lipinski definition) is 3. The van der Waals surface area contributed by atoms with E-state index in [-0.39, 0.29) is 12.5 Å². The van der Waals surface area contributed by atoms with Crippen molar-refractivity contribution in [3.8, 4) is 0 Å². The summed E-state index contributed by atoms with van der Waals surface area (Å²) in [7, 11) is 0. The van der Waals surface area contributed by atoms with E-state index < -0.39 is 5.54 Å². The third-order valence-corrected chi connectivity index (χ3v) is 3.02. The van der Waals surface area contributed by atoms with Gasteiger partial charge in [-0.25, -0.2) is 0 Å². The fraction of sp³-hybridized carbons (Fsp3) is 0.909. The average Bonchev–Trinajstić information content (AvgIpc) is 2.30. The van der Waals surface area contributed by atoms with Crippen molar-refractivity contribution in [1.29, 1.82) is 0 Å². The van der Waals surface area contributed by atoms with Gasteiger partial charge in [0, 0.05) is 19.6 Å². The van der Waals surface area contributed by atoms with Gasteiger partial charge in [-0.15, -0.1) is 0 Å². The molecule has 0 bridgehead atoms. The highest BCUT2D eigenvalue weighted by Crippen LogP contribution is 2.20. The second-order valence-corrected chi connectivity index (χ2v) is 4.34. The summed E-state index contributed by atoms with van der Waals surface area (Å²) < 4.78 is 5.23. The molecule has 1 fully saturated rings. The Bertz CT molecular complexity index is 215. The van der Waals surface area contributed by atoms with Gasteiger partial charge in [-0.1, -0.05) is 0 Å². The Morgan fingerprint density at radius 2 is 2.06 bits per heavy atom. The lowest BCUT2D eigenvalue weighted by Crippen LogP contribution is -2.54. The van der Waals surface area contributed by atoms with E-state index >= 15 is 0 Å². The van der Waals surface area contributed by atoms with Gasteiger partial charge in [-0.3, -0.25) is 4.79 Å². The predicted octanol–water partition coefficient (Wildman–Crippen LogP) is -0.227. The smallest absolute Gasteiger partial charge is 0.220 e. The Morgan fingerprint density at radius 1 is 1.38 bits per heavy atom. The molecule has 5 nitrogen and oxygen atoms in total. The van der Waals surface area contributed by atoms with Crippen LogP contribution in [0.2, 0.25) is 0 Å². The molecule has 1 heterocycles. The number of aliphatic hydroxyl groups is 1. The number of nitrogens with two attached hydrogens (primary N) is 1. The first-order valence-corrected chi connectivity index (χ1v) is 5.92. The summed E-state index contributed by atoms with van der Waals surface area (Å²) in [4.78, 5) is 11.6. The van der Waals surface area contributed by atoms with E-state index in [1.165, 1.54) is 0 Å². The quantitative estimate of drug-likeness (QED) is 0.550. The number of hydrogen-bond acceptors (Lipinski definition) is 4. The van der Waals surface area contributed by atoms with Crippen LogP contribution in [0.3, 0.4) is 0 Å². The number of aliphatic hydroxyl groups excluding tert-OH is 1. The Kier molecular flexibility index (Phi) is 5.73. The fourth-order valence-corrected chi connectivity index (χ4v) is 1.87. The molecule has 16 heavy (non-hydrogen) atoms. The van der Waals surface area contributed by atoms with Gasteiger partial charge in [0.2, 0.25) is 5.91 Å². The summed E-state index contributed by atoms with van der Waals surface area (Å²) in [5.41, 5.74) is 4.90. The zero-order valence-corrected chi connectivity index (χ0v) is 9.71. The lowest BCUT2D eigenvalue weighted by atomic mass is 9.90. The molecule has 0 aromatic rings. The Hall–Kier alpha value is -0.650. The van der Waals surface area contributed by atoms with Gasteiger partial charge < -0.3 is 20.9 Å². The summed E-state index contributed by atoms with van der Waals surface area (Å²) in [6.45, 7) is 1.80. The second-order valence-electron chi connectivity index (χ2n) is 4.34. The highest BCUT2D eigenvalue weighted by molar-refractivity contribution is 5.76. The van der Waals surface area contributed by atoms with E-state index in [4.69, 9.17) is 10.5 Å². The standard InChI is InChI=1S/C11H22N2O3/c12-6-2-1-3-10(15)13-11(9-14)4-7-16-8-5-11/h14H,1-9,12H2,(H,13,15). The van der Waals surface area contributed by atoms with Crippen molar-refractivity contribution < 1.29 is 14.6 Å². The molecule has 0 atom stereocenters. The van der Waals surface area contributed by atoms with Gasteiger partial charge in [-0.2, -0.15) is 0 Å². The Labute approximate surface area is 96.3 Å². The number of unbranched alkanes of at least 4 members (excludes halogenated alkanes) is 1. The van der Waals surface area contributed by atoms with Crippen LogP contribution in [0.25, 0.3) is 0 Å². The van der Waals surface area contributed by atoms with E-state index in [1.807, 2.05) is 0 Å². The van der Waals surface area contributed by atoms with Crippen LogP contribution < -0.4 is 11.1 Å². The topological polar surface area (TPSA) is 84.6 Å². The predicted molar refractivity (Wildman–Crippen MR) is 60.9 cm³/mol. The van der Waals surface area contributed by atoms with Gasteiger partial charge in [0.05, 0.1) is 12.1 Å². The summed E-state index contributed by atoms with van der Waals surface area (Å²) >= 11 is 0. The van der Waals surface area contributed by atoms with Crippen LogP contribution in [0.4, 0.5) is 0 Å². The van der Waals surface area contributed by atoms with Crippen molar-refractivity contribution in [2.45, 2.75) is 37.6 Å². The van der Waals surface area contributed by atoms with Crippen LogP contribution in [-0.4, -0.2) is 42.9 Å². The number of nitrogens with one attached hydrogen (secondary N) is 1. The first kappa shape index (κ1) is 13.4. The van der Waals surface area contributed by atoms with Crippen molar-refractivity contribution in [2.75, 3.05) is 26.4 Å². The number of rotatable bonds is 6. The van der Waals surface area contributed by atoms with E-state index in [9.17, 15) is 9.90 Å². The zero-order chi connectivity index (χ0) is 11.9. The minimum Gasteiger partial charge on any atom is -0.394 e. The zero-order valence-electron chi connectivity index (χ0n) is 9.71. The number of ether oxygens (including phenoxy) is 1. The van der Waals surface area contributed by atoms with Gasteiger partial charge in [0.15, 0.2) is 0 Å². The third kappa shape index (κ3) is 4.08. The van der Waals surface area contributed by atoms with Gasteiger partial charge in [0.1, 0.15) is 0 Å². The van der Waals surface area contributed by atoms with Crippen LogP contribution in [-0.2, 0) is 9.53 Å². The van der Waals surface area contributed by atoms with E-state index in [0.717, 1.165) is 12.8 Å². The molecule has 1 rings (SSSR count). The molecule has 1 aliphatic heterocycles. The molecule has 1 aliphatic rings. The normalized spacial score (nSPS) is 19.4. The molecule has 0 aromatic carbocycles. The number of carbonyl (C=O) groups excluding carboxylic acids is 1. The first-order valence-electron chi connectivity index (χ1n) is 5.92. The molecule has 94 valence electrons. The van der Waals surface area contributed by atoms with E-state index in [0.29, 0.717) is 39.0 Å². The van der Waals surface area contributed by atoms with Crippen LogP contribution in [0.15, 0.2) is 0 Å². The summed E-state index contributed by atoms with van der Waals surface area (Å²) in [6.07, 6.45) is 3.53. The lowest BCUT2D eigenvalue weighted by molar-refractivity contribution is -0.125. The molecular formula is C11H22N2O3. The largest absolute Gasteiger partial charge is 0.394 e. The van der Waals surface area contributed by atoms with Crippen molar-refractivity contribution >= 4 is 5.91 Å². The maximum absolute atomic E-state index is 11.6. The van der Waals surface area contributed by atoms with Gasteiger partial charge >= 0.3 is 0 Å². The first-order chi connectivity index (χ1) is 7.72. The molecule has 4 N–H and O–H groups in total. The minimum absolute atomic E-state index is 0.00407. The highest BCUT2D eigenvalue weighted by atomic mass is 16.5. The Balaban J connectivity index is 2.33. The maximum Gasteiger partial charge on any atom is 0.220 e. The Morgan fingerprint density at radius 3 is 2.62 bits per heavy atom. The highest BCUT2D eigenvalue weighted by Gasteiger charge is 2.33. The number of amides is 1. The molecule has 1 amide bonds. The van der Waals surface area contributed by atoms with Gasteiger partial charge in [-0.05, 0) is 32.2 Å². The van der Waals surface area contributed by atoms with Crippen molar-refractivity contribution in [2.24, 2.45) is 5.73 Å². The van der Waals surface area contributed by atoms with Crippen molar-refractivity contribution in [3.63, 3.8) is 0 Å². The van der Waals surface area contributed by atoms with E-state index in [1.54, 1.807) is 0 Å². The lowest BCUT2D eigenvalue weighted by Gasteiger charge is -2.36. The van der Waals surface area contributed by atoms with Crippen molar-refractivity contribution in [1.82, 2.24) is 5.32 Å².